The van der Waals surface area contributed by atoms with Crippen molar-refractivity contribution in [2.75, 3.05) is 19.6 Å². The summed E-state index contributed by atoms with van der Waals surface area (Å²) in [6.45, 7) is 6.30. The van der Waals surface area contributed by atoms with Crippen LogP contribution in [0, 0.1) is 5.92 Å². The molecule has 32 heavy (non-hydrogen) atoms. The van der Waals surface area contributed by atoms with Gasteiger partial charge in [0.1, 0.15) is 0 Å². The van der Waals surface area contributed by atoms with Gasteiger partial charge in [-0.2, -0.15) is 0 Å². The van der Waals surface area contributed by atoms with Gasteiger partial charge in [0.2, 0.25) is 5.91 Å². The molecule has 0 bridgehead atoms. The minimum Gasteiger partial charge on any atom is -0.338 e. The van der Waals surface area contributed by atoms with E-state index in [1.165, 1.54) is 0 Å². The third kappa shape index (κ3) is 4.55. The summed E-state index contributed by atoms with van der Waals surface area (Å²) >= 11 is 6.26. The summed E-state index contributed by atoms with van der Waals surface area (Å²) in [7, 11) is 0. The zero-order valence-electron chi connectivity index (χ0n) is 18.9. The van der Waals surface area contributed by atoms with E-state index in [-0.39, 0.29) is 17.9 Å². The lowest BCUT2D eigenvalue weighted by atomic mass is 9.94. The molecule has 2 aromatic rings. The van der Waals surface area contributed by atoms with Crippen LogP contribution < -0.4 is 5.32 Å². The number of piperidine rings is 1. The first kappa shape index (κ1) is 22.8. The highest BCUT2D eigenvalue weighted by Crippen LogP contribution is 2.35. The van der Waals surface area contributed by atoms with Crippen LogP contribution >= 0.6 is 11.6 Å². The first-order chi connectivity index (χ1) is 15.4. The minimum atomic E-state index is -0.392. The zero-order chi connectivity index (χ0) is 22.7. The number of amides is 2. The minimum absolute atomic E-state index is 0.0379. The number of hydrogen-bond donors (Lipinski definition) is 1. The van der Waals surface area contributed by atoms with Crippen LogP contribution in [0.5, 0.6) is 0 Å². The van der Waals surface area contributed by atoms with E-state index in [4.69, 9.17) is 11.6 Å². The van der Waals surface area contributed by atoms with Gasteiger partial charge in [-0.1, -0.05) is 74.3 Å². The van der Waals surface area contributed by atoms with Gasteiger partial charge < -0.3 is 9.80 Å². The number of nitrogens with zero attached hydrogens (tertiary/aromatic N) is 2. The molecular weight excluding hydrogens is 422 g/mol. The third-order valence-electron chi connectivity index (χ3n) is 6.98. The first-order valence-corrected chi connectivity index (χ1v) is 12.0. The molecule has 4 rings (SSSR count). The van der Waals surface area contributed by atoms with Gasteiger partial charge in [-0.15, -0.1) is 0 Å². The Balaban J connectivity index is 1.51. The van der Waals surface area contributed by atoms with E-state index in [9.17, 15) is 9.59 Å². The van der Waals surface area contributed by atoms with Gasteiger partial charge in [0.15, 0.2) is 0 Å². The number of carbonyl (C=O) groups excluding carboxylic acids is 2. The van der Waals surface area contributed by atoms with Crippen molar-refractivity contribution in [3.8, 4) is 0 Å². The van der Waals surface area contributed by atoms with Gasteiger partial charge in [-0.3, -0.25) is 14.9 Å². The molecule has 2 aliphatic rings. The van der Waals surface area contributed by atoms with Crippen molar-refractivity contribution in [2.45, 2.75) is 51.2 Å². The summed E-state index contributed by atoms with van der Waals surface area (Å²) in [5.74, 6) is 0.569. The number of hydrogen-bond acceptors (Lipinski definition) is 3. The Labute approximate surface area is 195 Å². The molecule has 2 amide bonds. The molecule has 2 aliphatic heterocycles. The molecule has 170 valence electrons. The van der Waals surface area contributed by atoms with Crippen molar-refractivity contribution in [1.82, 2.24) is 15.1 Å². The Hall–Kier alpha value is -2.37. The number of benzene rings is 2. The van der Waals surface area contributed by atoms with Gasteiger partial charge in [0.25, 0.3) is 5.91 Å². The van der Waals surface area contributed by atoms with Gasteiger partial charge in [0, 0.05) is 32.5 Å². The fraction of sp³-hybridized carbons (Fsp3) is 0.462. The molecule has 2 atom stereocenters. The summed E-state index contributed by atoms with van der Waals surface area (Å²) in [6, 6.07) is 17.1. The summed E-state index contributed by atoms with van der Waals surface area (Å²) in [6.07, 6.45) is 3.15. The van der Waals surface area contributed by atoms with E-state index in [0.29, 0.717) is 36.0 Å². The fourth-order valence-corrected chi connectivity index (χ4v) is 5.07. The van der Waals surface area contributed by atoms with Crippen molar-refractivity contribution < 1.29 is 9.59 Å². The molecule has 2 heterocycles. The van der Waals surface area contributed by atoms with Crippen LogP contribution in [0.25, 0.3) is 0 Å². The van der Waals surface area contributed by atoms with E-state index in [2.05, 4.69) is 36.2 Å². The summed E-state index contributed by atoms with van der Waals surface area (Å²) in [4.78, 5) is 30.5. The van der Waals surface area contributed by atoms with Crippen LogP contribution in [-0.2, 0) is 11.2 Å². The molecule has 0 unspecified atom stereocenters. The molecule has 0 saturated carbocycles. The van der Waals surface area contributed by atoms with Crippen molar-refractivity contribution in [3.05, 3.63) is 70.7 Å². The Morgan fingerprint density at radius 3 is 2.44 bits per heavy atom. The van der Waals surface area contributed by atoms with Crippen LogP contribution in [0.2, 0.25) is 5.02 Å². The van der Waals surface area contributed by atoms with Crippen molar-refractivity contribution in [3.63, 3.8) is 0 Å². The van der Waals surface area contributed by atoms with Gasteiger partial charge >= 0.3 is 0 Å². The van der Waals surface area contributed by atoms with E-state index >= 15 is 0 Å². The summed E-state index contributed by atoms with van der Waals surface area (Å²) < 4.78 is 0. The Morgan fingerprint density at radius 2 is 1.78 bits per heavy atom. The maximum absolute atomic E-state index is 13.5. The van der Waals surface area contributed by atoms with E-state index < -0.39 is 5.66 Å². The topological polar surface area (TPSA) is 52.7 Å². The standard InChI is InChI=1S/C26H32ClN3O2/c1-3-19(2)18-30-25(32)23(17-20-9-5-4-6-10-20)28-26(30)13-15-29(16-14-26)24(31)21-11-7-8-12-22(21)27/h4-12,19,23,28H,3,13-18H2,1-2H3/t19-,23-/m1/s1. The number of nitrogens with one attached hydrogen (secondary N) is 1. The van der Waals surface area contributed by atoms with E-state index in [1.807, 2.05) is 35.2 Å². The average molecular weight is 454 g/mol. The van der Waals surface area contributed by atoms with Gasteiger partial charge in [0.05, 0.1) is 22.3 Å². The molecule has 2 aromatic carbocycles. The molecular formula is C26H32ClN3O2. The first-order valence-electron chi connectivity index (χ1n) is 11.6. The molecule has 6 heteroatoms. The molecule has 0 radical (unpaired) electrons. The lowest BCUT2D eigenvalue weighted by molar-refractivity contribution is -0.134. The van der Waals surface area contributed by atoms with Crippen molar-refractivity contribution in [2.24, 2.45) is 5.92 Å². The zero-order valence-corrected chi connectivity index (χ0v) is 19.6. The second-order valence-electron chi connectivity index (χ2n) is 9.15. The summed E-state index contributed by atoms with van der Waals surface area (Å²) in [5.41, 5.74) is 1.31. The highest BCUT2D eigenvalue weighted by molar-refractivity contribution is 6.33. The van der Waals surface area contributed by atoms with E-state index in [0.717, 1.165) is 31.4 Å². The largest absolute Gasteiger partial charge is 0.338 e. The highest BCUT2D eigenvalue weighted by atomic mass is 35.5. The van der Waals surface area contributed by atoms with Gasteiger partial charge in [-0.05, 0) is 30.0 Å². The Kier molecular flexibility index (Phi) is 6.87. The van der Waals surface area contributed by atoms with Gasteiger partial charge in [-0.25, -0.2) is 0 Å². The average Bonchev–Trinajstić information content (AvgIpc) is 3.05. The number of likely N-dealkylation sites (tertiary alicyclic amines) is 1. The third-order valence-corrected chi connectivity index (χ3v) is 7.31. The Morgan fingerprint density at radius 1 is 1.12 bits per heavy atom. The van der Waals surface area contributed by atoms with Crippen molar-refractivity contribution >= 4 is 23.4 Å². The van der Waals surface area contributed by atoms with Crippen LogP contribution in [0.4, 0.5) is 0 Å². The molecule has 0 aromatic heterocycles. The monoisotopic (exact) mass is 453 g/mol. The van der Waals surface area contributed by atoms with Crippen LogP contribution in [0.1, 0.15) is 49.0 Å². The number of halogens is 1. The summed E-state index contributed by atoms with van der Waals surface area (Å²) in [5, 5.41) is 4.19. The second-order valence-corrected chi connectivity index (χ2v) is 9.56. The quantitative estimate of drug-likeness (QED) is 0.706. The fourth-order valence-electron chi connectivity index (χ4n) is 4.86. The molecule has 0 aliphatic carbocycles. The Bertz CT molecular complexity index is 957. The molecule has 5 nitrogen and oxygen atoms in total. The molecule has 2 saturated heterocycles. The molecule has 2 fully saturated rings. The predicted octanol–water partition coefficient (Wildman–Crippen LogP) is 4.36. The lowest BCUT2D eigenvalue weighted by Crippen LogP contribution is -2.60. The van der Waals surface area contributed by atoms with Crippen LogP contribution in [0.15, 0.2) is 54.6 Å². The molecule has 1 spiro atoms. The van der Waals surface area contributed by atoms with Crippen LogP contribution in [-0.4, -0.2) is 53.0 Å². The SMILES string of the molecule is CC[C@@H](C)CN1C(=O)[C@@H](Cc2ccccc2)NC12CCN(C(=O)c1ccccc1Cl)CC2. The maximum Gasteiger partial charge on any atom is 0.255 e. The smallest absolute Gasteiger partial charge is 0.255 e. The van der Waals surface area contributed by atoms with Crippen molar-refractivity contribution in [1.29, 1.82) is 0 Å². The highest BCUT2D eigenvalue weighted by Gasteiger charge is 2.51. The molecule has 1 N–H and O–H groups in total. The number of carbonyl (C=O) groups is 2. The lowest BCUT2D eigenvalue weighted by Gasteiger charge is -2.45. The van der Waals surface area contributed by atoms with E-state index in [1.54, 1.807) is 12.1 Å². The maximum atomic E-state index is 13.5. The predicted molar refractivity (Wildman–Crippen MR) is 128 cm³/mol. The normalized spacial score (nSPS) is 21.2. The second kappa shape index (κ2) is 9.63. The van der Waals surface area contributed by atoms with Crippen LogP contribution in [0.3, 0.4) is 0 Å². The number of rotatable bonds is 6.